The van der Waals surface area contributed by atoms with E-state index in [9.17, 15) is 9.59 Å². The zero-order chi connectivity index (χ0) is 18.5. The first-order valence-corrected chi connectivity index (χ1v) is 9.35. The topological polar surface area (TPSA) is 49.4 Å². The summed E-state index contributed by atoms with van der Waals surface area (Å²) in [5.74, 6) is 0.174. The summed E-state index contributed by atoms with van der Waals surface area (Å²) in [7, 11) is 0. The van der Waals surface area contributed by atoms with Gasteiger partial charge in [0.2, 0.25) is 11.8 Å². The summed E-state index contributed by atoms with van der Waals surface area (Å²) in [6, 6.07) is 13.9. The summed E-state index contributed by atoms with van der Waals surface area (Å²) in [5, 5.41) is 2.99. The van der Waals surface area contributed by atoms with Crippen LogP contribution in [0, 0.1) is 6.92 Å². The maximum absolute atomic E-state index is 12.3. The molecular weight excluding hydrogens is 324 g/mol. The SMILES string of the molecule is CCCCN1C(=O)CCc2cc(NC(=O)Cc3cccc(C)c3)ccc21. The molecule has 1 aliphatic heterocycles. The minimum Gasteiger partial charge on any atom is -0.326 e. The van der Waals surface area contributed by atoms with Crippen LogP contribution in [0.15, 0.2) is 42.5 Å². The lowest BCUT2D eigenvalue weighted by molar-refractivity contribution is -0.119. The number of rotatable bonds is 6. The summed E-state index contributed by atoms with van der Waals surface area (Å²) in [4.78, 5) is 26.4. The number of hydrogen-bond donors (Lipinski definition) is 1. The minimum absolute atomic E-state index is 0.0229. The Labute approximate surface area is 155 Å². The lowest BCUT2D eigenvalue weighted by atomic mass is 10.00. The van der Waals surface area contributed by atoms with Crippen molar-refractivity contribution in [1.82, 2.24) is 0 Å². The molecule has 4 nitrogen and oxygen atoms in total. The van der Waals surface area contributed by atoms with E-state index >= 15 is 0 Å². The van der Waals surface area contributed by atoms with Crippen LogP contribution in [-0.2, 0) is 22.4 Å². The third kappa shape index (κ3) is 4.31. The Kier molecular flexibility index (Phi) is 5.71. The molecule has 26 heavy (non-hydrogen) atoms. The maximum Gasteiger partial charge on any atom is 0.228 e. The molecule has 1 N–H and O–H groups in total. The fourth-order valence-corrected chi connectivity index (χ4v) is 3.41. The van der Waals surface area contributed by atoms with E-state index < -0.39 is 0 Å². The van der Waals surface area contributed by atoms with Crippen LogP contribution in [0.4, 0.5) is 11.4 Å². The van der Waals surface area contributed by atoms with Crippen molar-refractivity contribution in [3.05, 3.63) is 59.2 Å². The number of carbonyl (C=O) groups is 2. The van der Waals surface area contributed by atoms with E-state index in [2.05, 4.69) is 12.2 Å². The van der Waals surface area contributed by atoms with E-state index in [1.165, 1.54) is 0 Å². The van der Waals surface area contributed by atoms with E-state index in [1.54, 1.807) is 0 Å². The molecule has 2 amide bonds. The van der Waals surface area contributed by atoms with E-state index in [1.807, 2.05) is 54.3 Å². The van der Waals surface area contributed by atoms with E-state index in [4.69, 9.17) is 0 Å². The van der Waals surface area contributed by atoms with Crippen molar-refractivity contribution in [1.29, 1.82) is 0 Å². The molecule has 3 rings (SSSR count). The Morgan fingerprint density at radius 2 is 2.00 bits per heavy atom. The first-order chi connectivity index (χ1) is 12.6. The van der Waals surface area contributed by atoms with Crippen LogP contribution in [0.25, 0.3) is 0 Å². The Hall–Kier alpha value is -2.62. The molecule has 0 saturated carbocycles. The second-order valence-electron chi connectivity index (χ2n) is 6.96. The van der Waals surface area contributed by atoms with Crippen LogP contribution < -0.4 is 10.2 Å². The van der Waals surface area contributed by atoms with Crippen LogP contribution in [-0.4, -0.2) is 18.4 Å². The van der Waals surface area contributed by atoms with Gasteiger partial charge in [0.15, 0.2) is 0 Å². The van der Waals surface area contributed by atoms with Gasteiger partial charge in [0.25, 0.3) is 0 Å². The molecule has 1 aliphatic rings. The highest BCUT2D eigenvalue weighted by Crippen LogP contribution is 2.30. The largest absolute Gasteiger partial charge is 0.326 e. The lowest BCUT2D eigenvalue weighted by Crippen LogP contribution is -2.35. The number of aryl methyl sites for hydroxylation is 2. The van der Waals surface area contributed by atoms with Crippen LogP contribution in [0.5, 0.6) is 0 Å². The first kappa shape index (κ1) is 18.2. The average Bonchev–Trinajstić information content (AvgIpc) is 2.61. The molecule has 0 radical (unpaired) electrons. The molecule has 0 atom stereocenters. The molecule has 0 saturated heterocycles. The molecule has 136 valence electrons. The molecule has 2 aromatic carbocycles. The summed E-state index contributed by atoms with van der Waals surface area (Å²) in [6.45, 7) is 4.92. The predicted molar refractivity (Wildman–Crippen MR) is 106 cm³/mol. The molecule has 0 unspecified atom stereocenters. The molecule has 0 aliphatic carbocycles. The van der Waals surface area contributed by atoms with Gasteiger partial charge in [-0.2, -0.15) is 0 Å². The van der Waals surface area contributed by atoms with Gasteiger partial charge in [-0.3, -0.25) is 9.59 Å². The van der Waals surface area contributed by atoms with Gasteiger partial charge in [-0.1, -0.05) is 43.2 Å². The van der Waals surface area contributed by atoms with Gasteiger partial charge in [0.05, 0.1) is 6.42 Å². The smallest absolute Gasteiger partial charge is 0.228 e. The van der Waals surface area contributed by atoms with Crippen molar-refractivity contribution in [2.75, 3.05) is 16.8 Å². The predicted octanol–water partition coefficient (Wildman–Crippen LogP) is 4.26. The number of carbonyl (C=O) groups excluding carboxylic acids is 2. The highest BCUT2D eigenvalue weighted by atomic mass is 16.2. The third-order valence-corrected chi connectivity index (χ3v) is 4.75. The normalized spacial score (nSPS) is 13.5. The summed E-state index contributed by atoms with van der Waals surface area (Å²) >= 11 is 0. The van der Waals surface area contributed by atoms with Gasteiger partial charge in [0, 0.05) is 24.3 Å². The zero-order valence-electron chi connectivity index (χ0n) is 15.5. The number of benzene rings is 2. The van der Waals surface area contributed by atoms with E-state index in [0.29, 0.717) is 12.8 Å². The number of amides is 2. The van der Waals surface area contributed by atoms with Gasteiger partial charge in [-0.15, -0.1) is 0 Å². The van der Waals surface area contributed by atoms with Gasteiger partial charge in [-0.25, -0.2) is 0 Å². The van der Waals surface area contributed by atoms with E-state index in [-0.39, 0.29) is 11.8 Å². The summed E-state index contributed by atoms with van der Waals surface area (Å²) in [5.41, 5.74) is 5.09. The molecular formula is C22H26N2O2. The van der Waals surface area contributed by atoms with Gasteiger partial charge < -0.3 is 10.2 Å². The van der Waals surface area contributed by atoms with Crippen molar-refractivity contribution in [3.8, 4) is 0 Å². The molecule has 4 heteroatoms. The Morgan fingerprint density at radius 3 is 2.77 bits per heavy atom. The van der Waals surface area contributed by atoms with Crippen LogP contribution >= 0.6 is 0 Å². The molecule has 0 spiro atoms. The van der Waals surface area contributed by atoms with Crippen molar-refractivity contribution >= 4 is 23.2 Å². The van der Waals surface area contributed by atoms with Crippen molar-refractivity contribution in [2.24, 2.45) is 0 Å². The summed E-state index contributed by atoms with van der Waals surface area (Å²) < 4.78 is 0. The van der Waals surface area contributed by atoms with Crippen molar-refractivity contribution in [3.63, 3.8) is 0 Å². The number of nitrogens with one attached hydrogen (secondary N) is 1. The standard InChI is InChI=1S/C22H26N2O2/c1-3-4-12-24-20-10-9-19(15-18(20)8-11-22(24)26)23-21(25)14-17-7-5-6-16(2)13-17/h5-7,9-10,13,15H,3-4,8,11-12,14H2,1-2H3,(H,23,25). The molecule has 1 heterocycles. The summed E-state index contributed by atoms with van der Waals surface area (Å²) in [6.07, 6.45) is 3.70. The second kappa shape index (κ2) is 8.17. The maximum atomic E-state index is 12.3. The molecule has 0 fully saturated rings. The Morgan fingerprint density at radius 1 is 1.15 bits per heavy atom. The first-order valence-electron chi connectivity index (χ1n) is 9.35. The number of unbranched alkanes of at least 4 members (excludes halogenated alkanes) is 1. The fraction of sp³-hybridized carbons (Fsp3) is 0.364. The Bertz CT molecular complexity index is 814. The highest BCUT2D eigenvalue weighted by molar-refractivity contribution is 5.97. The van der Waals surface area contributed by atoms with Crippen molar-refractivity contribution < 1.29 is 9.59 Å². The minimum atomic E-state index is -0.0229. The molecule has 2 aromatic rings. The average molecular weight is 350 g/mol. The van der Waals surface area contributed by atoms with Crippen LogP contribution in [0.1, 0.15) is 42.9 Å². The van der Waals surface area contributed by atoms with Crippen LogP contribution in [0.2, 0.25) is 0 Å². The quantitative estimate of drug-likeness (QED) is 0.846. The number of fused-ring (bicyclic) bond motifs is 1. The lowest BCUT2D eigenvalue weighted by Gasteiger charge is -2.29. The monoisotopic (exact) mass is 350 g/mol. The highest BCUT2D eigenvalue weighted by Gasteiger charge is 2.23. The van der Waals surface area contributed by atoms with Gasteiger partial charge >= 0.3 is 0 Å². The Balaban J connectivity index is 1.70. The number of hydrogen-bond acceptors (Lipinski definition) is 2. The van der Waals surface area contributed by atoms with Gasteiger partial charge in [0.1, 0.15) is 0 Å². The zero-order valence-corrected chi connectivity index (χ0v) is 15.5. The number of anilines is 2. The van der Waals surface area contributed by atoms with Gasteiger partial charge in [-0.05, 0) is 49.1 Å². The molecule has 0 aromatic heterocycles. The number of nitrogens with zero attached hydrogens (tertiary/aromatic N) is 1. The fourth-order valence-electron chi connectivity index (χ4n) is 3.41. The second-order valence-corrected chi connectivity index (χ2v) is 6.96. The molecule has 0 bridgehead atoms. The van der Waals surface area contributed by atoms with Crippen LogP contribution in [0.3, 0.4) is 0 Å². The van der Waals surface area contributed by atoms with E-state index in [0.717, 1.165) is 53.9 Å². The van der Waals surface area contributed by atoms with Crippen molar-refractivity contribution in [2.45, 2.75) is 46.0 Å². The third-order valence-electron chi connectivity index (χ3n) is 4.75.